The molecule has 0 atom stereocenters. The van der Waals surface area contributed by atoms with E-state index in [0.29, 0.717) is 11.7 Å². The Balaban J connectivity index is 0.00000135. The zero-order chi connectivity index (χ0) is 14.7. The quantitative estimate of drug-likeness (QED) is 0.778. The van der Waals surface area contributed by atoms with Crippen LogP contribution in [0.3, 0.4) is 0 Å². The van der Waals surface area contributed by atoms with Crippen LogP contribution >= 0.6 is 12.4 Å². The van der Waals surface area contributed by atoms with Crippen molar-refractivity contribution in [2.45, 2.75) is 37.6 Å². The average Bonchev–Trinajstić information content (AvgIpc) is 3.14. The van der Waals surface area contributed by atoms with Gasteiger partial charge in [-0.05, 0) is 60.1 Å². The highest BCUT2D eigenvalue weighted by molar-refractivity contribution is 5.99. The first-order valence-electron chi connectivity index (χ1n) is 7.92. The lowest BCUT2D eigenvalue weighted by Crippen LogP contribution is -2.44. The van der Waals surface area contributed by atoms with E-state index in [-0.39, 0.29) is 17.9 Å². The number of hydrogen-bond donors (Lipinski definition) is 1. The summed E-state index contributed by atoms with van der Waals surface area (Å²) in [5, 5.41) is 6.72. The number of nitrogens with two attached hydrogens (primary N) is 1. The Morgan fingerprint density at radius 3 is 2.57 bits per heavy atom. The lowest BCUT2D eigenvalue weighted by Gasteiger charge is -2.34. The second kappa shape index (κ2) is 5.05. The van der Waals surface area contributed by atoms with Gasteiger partial charge in [-0.3, -0.25) is 0 Å². The molecular formula is C18H18ClN3O. The van der Waals surface area contributed by atoms with Crippen molar-refractivity contribution in [1.82, 2.24) is 10.1 Å². The maximum atomic E-state index is 6.30. The third-order valence-electron chi connectivity index (χ3n) is 5.22. The van der Waals surface area contributed by atoms with E-state index in [4.69, 9.17) is 10.3 Å². The number of rotatable bonds is 2. The fraction of sp³-hybridized carbons (Fsp3) is 0.333. The lowest BCUT2D eigenvalue weighted by atomic mass is 9.77. The molecule has 0 spiro atoms. The average molecular weight is 328 g/mol. The Bertz CT molecular complexity index is 888. The van der Waals surface area contributed by atoms with Crippen molar-refractivity contribution < 1.29 is 4.52 Å². The molecular weight excluding hydrogens is 310 g/mol. The molecule has 4 nitrogen and oxygen atoms in total. The molecule has 3 aromatic rings. The van der Waals surface area contributed by atoms with Crippen LogP contribution in [-0.4, -0.2) is 10.1 Å². The number of aryl methyl sites for hydroxylation is 2. The molecule has 118 valence electrons. The summed E-state index contributed by atoms with van der Waals surface area (Å²) in [6.45, 7) is 0. The number of nitrogens with zero attached hydrogens (tertiary/aromatic N) is 2. The van der Waals surface area contributed by atoms with Crippen LogP contribution in [0.2, 0.25) is 0 Å². The van der Waals surface area contributed by atoms with Crippen LogP contribution in [0.25, 0.3) is 22.2 Å². The van der Waals surface area contributed by atoms with E-state index in [1.165, 1.54) is 21.9 Å². The highest BCUT2D eigenvalue weighted by Gasteiger charge is 2.39. The zero-order valence-corrected chi connectivity index (χ0v) is 13.5. The van der Waals surface area contributed by atoms with Crippen LogP contribution in [-0.2, 0) is 18.4 Å². The van der Waals surface area contributed by atoms with Crippen molar-refractivity contribution in [3.05, 3.63) is 47.3 Å². The summed E-state index contributed by atoms with van der Waals surface area (Å²) in [6.07, 6.45) is 5.27. The molecule has 2 aromatic carbocycles. The summed E-state index contributed by atoms with van der Waals surface area (Å²) in [4.78, 5) is 4.60. The summed E-state index contributed by atoms with van der Waals surface area (Å²) in [6, 6.07) is 10.8. The molecule has 0 radical (unpaired) electrons. The van der Waals surface area contributed by atoms with Gasteiger partial charge in [0.1, 0.15) is 0 Å². The molecule has 0 saturated heterocycles. The minimum atomic E-state index is -0.378. The molecule has 1 saturated carbocycles. The number of aromatic nitrogens is 2. The highest BCUT2D eigenvalue weighted by Crippen LogP contribution is 2.40. The topological polar surface area (TPSA) is 64.9 Å². The Hall–Kier alpha value is -1.91. The first-order chi connectivity index (χ1) is 10.7. The van der Waals surface area contributed by atoms with E-state index in [0.717, 1.165) is 37.7 Å². The van der Waals surface area contributed by atoms with E-state index < -0.39 is 0 Å². The van der Waals surface area contributed by atoms with Gasteiger partial charge in [0.2, 0.25) is 0 Å². The Morgan fingerprint density at radius 2 is 1.83 bits per heavy atom. The smallest absolute Gasteiger partial charge is 0.258 e. The predicted molar refractivity (Wildman–Crippen MR) is 91.6 cm³/mol. The van der Waals surface area contributed by atoms with Gasteiger partial charge in [0.05, 0.1) is 5.54 Å². The third kappa shape index (κ3) is 2.02. The molecule has 2 aliphatic carbocycles. The van der Waals surface area contributed by atoms with Gasteiger partial charge in [-0.15, -0.1) is 12.4 Å². The predicted octanol–water partition coefficient (Wildman–Crippen LogP) is 3.75. The van der Waals surface area contributed by atoms with E-state index in [2.05, 4.69) is 40.5 Å². The van der Waals surface area contributed by atoms with Gasteiger partial charge < -0.3 is 10.3 Å². The van der Waals surface area contributed by atoms with Gasteiger partial charge in [-0.2, -0.15) is 4.98 Å². The van der Waals surface area contributed by atoms with Crippen LogP contribution in [0.1, 0.15) is 36.2 Å². The molecule has 0 amide bonds. The molecule has 1 aromatic heterocycles. The molecule has 1 heterocycles. The molecule has 23 heavy (non-hydrogen) atoms. The molecule has 5 heteroatoms. The van der Waals surface area contributed by atoms with Crippen molar-refractivity contribution in [3.8, 4) is 11.5 Å². The minimum absolute atomic E-state index is 0. The van der Waals surface area contributed by atoms with Gasteiger partial charge >= 0.3 is 0 Å². The lowest BCUT2D eigenvalue weighted by molar-refractivity contribution is 0.229. The first kappa shape index (κ1) is 14.7. The molecule has 2 N–H and O–H groups in total. The van der Waals surface area contributed by atoms with E-state index in [1.54, 1.807) is 0 Å². The summed E-state index contributed by atoms with van der Waals surface area (Å²) in [5.41, 5.74) is 9.78. The van der Waals surface area contributed by atoms with Crippen LogP contribution < -0.4 is 5.73 Å². The molecule has 0 bridgehead atoms. The Morgan fingerprint density at radius 1 is 1.04 bits per heavy atom. The van der Waals surface area contributed by atoms with E-state index >= 15 is 0 Å². The maximum absolute atomic E-state index is 6.30. The normalized spacial score (nSPS) is 17.8. The van der Waals surface area contributed by atoms with Crippen molar-refractivity contribution in [3.63, 3.8) is 0 Å². The SMILES string of the molecule is Cl.NC1(c2noc(-c3ccc4c5c(cccc35)CC4)n2)CCC1. The summed E-state index contributed by atoms with van der Waals surface area (Å²) < 4.78 is 5.54. The Labute approximate surface area is 140 Å². The standard InChI is InChI=1S/C18H17N3O.ClH/c19-18(9-2-10-18)17-20-16(22-21-17)14-8-7-12-6-5-11-3-1-4-13(14)15(11)12;/h1,3-4,7-8H,2,5-6,9-10,19H2;1H. The summed E-state index contributed by atoms with van der Waals surface area (Å²) >= 11 is 0. The molecule has 0 unspecified atom stereocenters. The molecule has 0 aliphatic heterocycles. The van der Waals surface area contributed by atoms with Crippen LogP contribution in [0, 0.1) is 0 Å². The van der Waals surface area contributed by atoms with E-state index in [9.17, 15) is 0 Å². The van der Waals surface area contributed by atoms with Crippen molar-refractivity contribution >= 4 is 23.2 Å². The number of hydrogen-bond acceptors (Lipinski definition) is 4. The minimum Gasteiger partial charge on any atom is -0.334 e. The third-order valence-corrected chi connectivity index (χ3v) is 5.22. The van der Waals surface area contributed by atoms with Crippen LogP contribution in [0.4, 0.5) is 0 Å². The van der Waals surface area contributed by atoms with Gasteiger partial charge in [-0.25, -0.2) is 0 Å². The van der Waals surface area contributed by atoms with Gasteiger partial charge in [-0.1, -0.05) is 29.4 Å². The van der Waals surface area contributed by atoms with Gasteiger partial charge in [0.25, 0.3) is 5.89 Å². The largest absolute Gasteiger partial charge is 0.334 e. The maximum Gasteiger partial charge on any atom is 0.258 e. The first-order valence-corrected chi connectivity index (χ1v) is 7.92. The second-order valence-corrected chi connectivity index (χ2v) is 6.54. The van der Waals surface area contributed by atoms with Crippen LogP contribution in [0.5, 0.6) is 0 Å². The summed E-state index contributed by atoms with van der Waals surface area (Å²) in [7, 11) is 0. The fourth-order valence-corrected chi connectivity index (χ4v) is 3.75. The zero-order valence-electron chi connectivity index (χ0n) is 12.7. The number of benzene rings is 2. The summed E-state index contributed by atoms with van der Waals surface area (Å²) in [5.74, 6) is 1.24. The fourth-order valence-electron chi connectivity index (χ4n) is 3.75. The molecule has 5 rings (SSSR count). The van der Waals surface area contributed by atoms with E-state index in [1.807, 2.05) is 0 Å². The molecule has 2 aliphatic rings. The van der Waals surface area contributed by atoms with Gasteiger partial charge in [0.15, 0.2) is 5.82 Å². The monoisotopic (exact) mass is 327 g/mol. The van der Waals surface area contributed by atoms with Gasteiger partial charge in [0, 0.05) is 5.56 Å². The second-order valence-electron chi connectivity index (χ2n) is 6.54. The molecule has 1 fully saturated rings. The van der Waals surface area contributed by atoms with Crippen molar-refractivity contribution in [2.24, 2.45) is 5.73 Å². The van der Waals surface area contributed by atoms with Crippen molar-refractivity contribution in [1.29, 1.82) is 0 Å². The number of halogens is 1. The van der Waals surface area contributed by atoms with Crippen LogP contribution in [0.15, 0.2) is 34.9 Å². The Kier molecular flexibility index (Phi) is 3.22. The highest BCUT2D eigenvalue weighted by atomic mass is 35.5. The van der Waals surface area contributed by atoms with Crippen molar-refractivity contribution in [2.75, 3.05) is 0 Å².